The topological polar surface area (TPSA) is 59.6 Å². The van der Waals surface area contributed by atoms with E-state index in [0.29, 0.717) is 5.03 Å². The van der Waals surface area contributed by atoms with E-state index in [1.165, 1.54) is 17.3 Å². The molecule has 0 atom stereocenters. The number of hydrogen-bond donors (Lipinski definition) is 1. The van der Waals surface area contributed by atoms with Gasteiger partial charge in [-0.3, -0.25) is 0 Å². The van der Waals surface area contributed by atoms with Gasteiger partial charge in [-0.25, -0.2) is 0 Å². The highest BCUT2D eigenvalue weighted by molar-refractivity contribution is 8.02. The number of allylic oxidation sites excluding steroid dienone is 1. The molecule has 0 saturated carbocycles. The van der Waals surface area contributed by atoms with E-state index in [0.717, 1.165) is 12.1 Å². The SMILES string of the molecule is CCc1ccc(NC(SC)=C(C#N)C#N)cc1. The zero-order valence-electron chi connectivity index (χ0n) is 9.82. The molecule has 86 valence electrons. The van der Waals surface area contributed by atoms with Gasteiger partial charge in [-0.2, -0.15) is 10.5 Å². The van der Waals surface area contributed by atoms with Crippen LogP contribution in [0.15, 0.2) is 34.9 Å². The van der Waals surface area contributed by atoms with E-state index in [9.17, 15) is 0 Å². The van der Waals surface area contributed by atoms with Gasteiger partial charge in [-0.15, -0.1) is 11.8 Å². The number of nitrogens with one attached hydrogen (secondary N) is 1. The lowest BCUT2D eigenvalue weighted by Gasteiger charge is -2.08. The molecule has 0 fully saturated rings. The van der Waals surface area contributed by atoms with E-state index >= 15 is 0 Å². The van der Waals surface area contributed by atoms with Crippen molar-refractivity contribution in [2.24, 2.45) is 0 Å². The summed E-state index contributed by atoms with van der Waals surface area (Å²) < 4.78 is 0. The van der Waals surface area contributed by atoms with Crippen LogP contribution in [-0.2, 0) is 6.42 Å². The number of nitrogens with zero attached hydrogens (tertiary/aromatic N) is 2. The average molecular weight is 243 g/mol. The Balaban J connectivity index is 2.93. The first kappa shape index (κ1) is 13.2. The molecule has 1 aromatic rings. The summed E-state index contributed by atoms with van der Waals surface area (Å²) in [4.78, 5) is 0. The highest BCUT2D eigenvalue weighted by Gasteiger charge is 2.05. The average Bonchev–Trinajstić information content (AvgIpc) is 2.39. The molecule has 0 aliphatic rings. The van der Waals surface area contributed by atoms with Crippen LogP contribution in [-0.4, -0.2) is 6.26 Å². The molecule has 0 saturated heterocycles. The normalized spacial score (nSPS) is 8.94. The van der Waals surface area contributed by atoms with Crippen LogP contribution in [0.4, 0.5) is 5.69 Å². The molecule has 1 rings (SSSR count). The molecule has 0 heterocycles. The lowest BCUT2D eigenvalue weighted by molar-refractivity contribution is 1.14. The maximum Gasteiger partial charge on any atom is 0.159 e. The van der Waals surface area contributed by atoms with Crippen molar-refractivity contribution in [2.75, 3.05) is 11.6 Å². The zero-order chi connectivity index (χ0) is 12.7. The van der Waals surface area contributed by atoms with Gasteiger partial charge >= 0.3 is 0 Å². The molecule has 0 unspecified atom stereocenters. The number of thioether (sulfide) groups is 1. The van der Waals surface area contributed by atoms with Crippen LogP contribution in [0, 0.1) is 22.7 Å². The van der Waals surface area contributed by atoms with Crippen LogP contribution in [0.2, 0.25) is 0 Å². The molecule has 3 nitrogen and oxygen atoms in total. The molecular formula is C13H13N3S. The Bertz CT molecular complexity index is 473. The smallest absolute Gasteiger partial charge is 0.159 e. The van der Waals surface area contributed by atoms with Crippen molar-refractivity contribution in [3.63, 3.8) is 0 Å². The van der Waals surface area contributed by atoms with Crippen LogP contribution < -0.4 is 5.32 Å². The summed E-state index contributed by atoms with van der Waals surface area (Å²) in [6.07, 6.45) is 2.82. The lowest BCUT2D eigenvalue weighted by Crippen LogP contribution is -1.99. The quantitative estimate of drug-likeness (QED) is 0.824. The molecular weight excluding hydrogens is 230 g/mol. The second kappa shape index (κ2) is 6.62. The Morgan fingerprint density at radius 2 is 1.82 bits per heavy atom. The van der Waals surface area contributed by atoms with Crippen molar-refractivity contribution in [3.05, 3.63) is 40.4 Å². The summed E-state index contributed by atoms with van der Waals surface area (Å²) in [5, 5.41) is 21.3. The van der Waals surface area contributed by atoms with Gasteiger partial charge in [0.25, 0.3) is 0 Å². The van der Waals surface area contributed by atoms with Crippen molar-refractivity contribution < 1.29 is 0 Å². The van der Waals surface area contributed by atoms with Gasteiger partial charge < -0.3 is 5.32 Å². The van der Waals surface area contributed by atoms with E-state index in [4.69, 9.17) is 10.5 Å². The van der Waals surface area contributed by atoms with Crippen LogP contribution in [0.5, 0.6) is 0 Å². The maximum atomic E-state index is 8.80. The van der Waals surface area contributed by atoms with E-state index in [1.54, 1.807) is 0 Å². The third kappa shape index (κ3) is 3.55. The van der Waals surface area contributed by atoms with Crippen molar-refractivity contribution in [1.82, 2.24) is 0 Å². The van der Waals surface area contributed by atoms with Gasteiger partial charge in [0, 0.05) is 5.69 Å². The molecule has 4 heteroatoms. The molecule has 17 heavy (non-hydrogen) atoms. The van der Waals surface area contributed by atoms with Crippen LogP contribution in [0.1, 0.15) is 12.5 Å². The maximum absolute atomic E-state index is 8.80. The fourth-order valence-electron chi connectivity index (χ4n) is 1.30. The second-order valence-corrected chi connectivity index (χ2v) is 4.12. The highest BCUT2D eigenvalue weighted by atomic mass is 32.2. The zero-order valence-corrected chi connectivity index (χ0v) is 10.6. The monoisotopic (exact) mass is 243 g/mol. The molecule has 1 aromatic carbocycles. The van der Waals surface area contributed by atoms with Crippen molar-refractivity contribution in [2.45, 2.75) is 13.3 Å². The molecule has 0 radical (unpaired) electrons. The number of anilines is 1. The molecule has 0 spiro atoms. The van der Waals surface area contributed by atoms with Gasteiger partial charge in [-0.1, -0.05) is 19.1 Å². The van der Waals surface area contributed by atoms with Crippen LogP contribution in [0.25, 0.3) is 0 Å². The molecule has 0 amide bonds. The minimum absolute atomic E-state index is 0.108. The minimum atomic E-state index is 0.108. The second-order valence-electron chi connectivity index (χ2n) is 3.31. The van der Waals surface area contributed by atoms with E-state index < -0.39 is 0 Å². The van der Waals surface area contributed by atoms with E-state index in [-0.39, 0.29) is 5.57 Å². The largest absolute Gasteiger partial charge is 0.349 e. The number of hydrogen-bond acceptors (Lipinski definition) is 4. The summed E-state index contributed by atoms with van der Waals surface area (Å²) in [5.74, 6) is 0. The standard InChI is InChI=1S/C13H13N3S/c1-3-10-4-6-12(7-5-10)16-13(17-2)11(8-14)9-15/h4-7,16H,3H2,1-2H3. The predicted molar refractivity (Wildman–Crippen MR) is 71.2 cm³/mol. The Morgan fingerprint density at radius 1 is 1.24 bits per heavy atom. The predicted octanol–water partition coefficient (Wildman–Crippen LogP) is 3.28. The first-order valence-electron chi connectivity index (χ1n) is 5.19. The highest BCUT2D eigenvalue weighted by Crippen LogP contribution is 2.20. The number of nitriles is 2. The van der Waals surface area contributed by atoms with Crippen molar-refractivity contribution >= 4 is 17.4 Å². The summed E-state index contributed by atoms with van der Waals surface area (Å²) in [6.45, 7) is 2.10. The first-order chi connectivity index (χ1) is 8.24. The summed E-state index contributed by atoms with van der Waals surface area (Å²) in [7, 11) is 0. The number of rotatable bonds is 4. The van der Waals surface area contributed by atoms with Gasteiger partial charge in [0.15, 0.2) is 5.57 Å². The van der Waals surface area contributed by atoms with Gasteiger partial charge in [0.05, 0.1) is 0 Å². The Morgan fingerprint density at radius 3 is 2.24 bits per heavy atom. The third-order valence-electron chi connectivity index (χ3n) is 2.27. The fourth-order valence-corrected chi connectivity index (χ4v) is 1.81. The summed E-state index contributed by atoms with van der Waals surface area (Å²) >= 11 is 1.36. The Hall–Kier alpha value is -1.91. The molecule has 0 aliphatic heterocycles. The van der Waals surface area contributed by atoms with Gasteiger partial charge in [0.2, 0.25) is 0 Å². The lowest BCUT2D eigenvalue weighted by atomic mass is 10.1. The molecule has 1 N–H and O–H groups in total. The number of benzene rings is 1. The Kier molecular flexibility index (Phi) is 5.13. The third-order valence-corrected chi connectivity index (χ3v) is 2.99. The molecule has 0 aromatic heterocycles. The van der Waals surface area contributed by atoms with Crippen molar-refractivity contribution in [3.8, 4) is 12.1 Å². The van der Waals surface area contributed by atoms with Crippen LogP contribution in [0.3, 0.4) is 0 Å². The molecule has 0 aliphatic carbocycles. The summed E-state index contributed by atoms with van der Waals surface area (Å²) in [6, 6.07) is 11.7. The fraction of sp³-hybridized carbons (Fsp3) is 0.231. The van der Waals surface area contributed by atoms with E-state index in [1.807, 2.05) is 42.7 Å². The Labute approximate surface area is 106 Å². The minimum Gasteiger partial charge on any atom is -0.349 e. The first-order valence-corrected chi connectivity index (χ1v) is 6.42. The van der Waals surface area contributed by atoms with E-state index in [2.05, 4.69) is 12.2 Å². The van der Waals surface area contributed by atoms with Gasteiger partial charge in [0.1, 0.15) is 17.2 Å². The number of aryl methyl sites for hydroxylation is 1. The van der Waals surface area contributed by atoms with Crippen molar-refractivity contribution in [1.29, 1.82) is 10.5 Å². The van der Waals surface area contributed by atoms with Gasteiger partial charge in [-0.05, 0) is 30.4 Å². The molecule has 0 bridgehead atoms. The summed E-state index contributed by atoms with van der Waals surface area (Å²) in [5.41, 5.74) is 2.25. The van der Waals surface area contributed by atoms with Crippen LogP contribution >= 0.6 is 11.8 Å².